The van der Waals surface area contributed by atoms with E-state index in [9.17, 15) is 4.79 Å². The smallest absolute Gasteiger partial charge is 0.220 e. The van der Waals surface area contributed by atoms with Gasteiger partial charge in [-0.3, -0.25) is 4.79 Å². The van der Waals surface area contributed by atoms with E-state index in [2.05, 4.69) is 19.2 Å². The summed E-state index contributed by atoms with van der Waals surface area (Å²) in [5.74, 6) is 0.555. The van der Waals surface area contributed by atoms with Gasteiger partial charge in [-0.2, -0.15) is 0 Å². The van der Waals surface area contributed by atoms with Crippen molar-refractivity contribution in [1.29, 1.82) is 0 Å². The zero-order valence-corrected chi connectivity index (χ0v) is 8.84. The van der Waals surface area contributed by atoms with E-state index >= 15 is 0 Å². The maximum Gasteiger partial charge on any atom is 0.220 e. The normalized spacial score (nSPS) is 15.1. The number of nitrogens with one attached hydrogen (secondary N) is 1. The summed E-state index contributed by atoms with van der Waals surface area (Å²) in [5, 5.41) is 11.4. The molecule has 0 aliphatic heterocycles. The zero-order chi connectivity index (χ0) is 10.3. The number of carbonyl (C=O) groups excluding carboxylic acids is 1. The van der Waals surface area contributed by atoms with Crippen molar-refractivity contribution in [3.63, 3.8) is 0 Å². The van der Waals surface area contributed by atoms with E-state index in [1.165, 1.54) is 0 Å². The van der Waals surface area contributed by atoms with Gasteiger partial charge in [-0.1, -0.05) is 20.3 Å². The molecule has 3 nitrogen and oxygen atoms in total. The van der Waals surface area contributed by atoms with Gasteiger partial charge in [-0.05, 0) is 19.3 Å². The minimum absolute atomic E-state index is 0.0434. The molecule has 13 heavy (non-hydrogen) atoms. The third kappa shape index (κ3) is 5.64. The van der Waals surface area contributed by atoms with Gasteiger partial charge in [0.05, 0.1) is 0 Å². The lowest BCUT2D eigenvalue weighted by Gasteiger charge is -2.19. The number of rotatable bonds is 6. The lowest BCUT2D eigenvalue weighted by atomic mass is 10.0. The van der Waals surface area contributed by atoms with Crippen molar-refractivity contribution in [2.24, 2.45) is 5.92 Å². The summed E-state index contributed by atoms with van der Waals surface area (Å²) in [6, 6.07) is 0.233. The fourth-order valence-electron chi connectivity index (χ4n) is 1.06. The van der Waals surface area contributed by atoms with E-state index in [0.717, 1.165) is 6.42 Å². The van der Waals surface area contributed by atoms with E-state index in [0.29, 0.717) is 18.8 Å². The zero-order valence-electron chi connectivity index (χ0n) is 8.84. The number of hydrogen-bond donors (Lipinski definition) is 2. The summed E-state index contributed by atoms with van der Waals surface area (Å²) < 4.78 is 0. The Kier molecular flexibility index (Phi) is 6.59. The Morgan fingerprint density at radius 3 is 2.54 bits per heavy atom. The summed E-state index contributed by atoms with van der Waals surface area (Å²) >= 11 is 0. The summed E-state index contributed by atoms with van der Waals surface area (Å²) in [7, 11) is 0. The quantitative estimate of drug-likeness (QED) is 0.658. The molecule has 0 rings (SSSR count). The molecule has 0 heterocycles. The summed E-state index contributed by atoms with van der Waals surface area (Å²) in [4.78, 5) is 11.2. The van der Waals surface area contributed by atoms with E-state index in [1.54, 1.807) is 0 Å². The highest BCUT2D eigenvalue weighted by atomic mass is 16.3. The maximum atomic E-state index is 11.2. The second-order valence-corrected chi connectivity index (χ2v) is 3.57. The molecule has 0 aromatic rings. The van der Waals surface area contributed by atoms with Crippen LogP contribution in [-0.2, 0) is 4.79 Å². The van der Waals surface area contributed by atoms with Crippen molar-refractivity contribution in [3.8, 4) is 0 Å². The number of carbonyl (C=O) groups is 1. The molecule has 0 aliphatic rings. The van der Waals surface area contributed by atoms with Crippen LogP contribution in [0.15, 0.2) is 0 Å². The molecule has 2 N–H and O–H groups in total. The molecule has 0 aliphatic carbocycles. The predicted octanol–water partition coefficient (Wildman–Crippen LogP) is 1.31. The van der Waals surface area contributed by atoms with Gasteiger partial charge in [0.1, 0.15) is 0 Å². The summed E-state index contributed by atoms with van der Waals surface area (Å²) in [6.07, 6.45) is 2.05. The molecule has 0 radical (unpaired) electrons. The maximum absolute atomic E-state index is 11.2. The molecule has 3 heteroatoms. The molecule has 0 aromatic carbocycles. The fourth-order valence-corrected chi connectivity index (χ4v) is 1.06. The topological polar surface area (TPSA) is 49.3 Å². The Bertz CT molecular complexity index is 148. The van der Waals surface area contributed by atoms with Gasteiger partial charge in [0.15, 0.2) is 0 Å². The van der Waals surface area contributed by atoms with Crippen LogP contribution in [-0.4, -0.2) is 23.7 Å². The Morgan fingerprint density at radius 2 is 2.08 bits per heavy atom. The monoisotopic (exact) mass is 187 g/mol. The van der Waals surface area contributed by atoms with Gasteiger partial charge in [-0.15, -0.1) is 0 Å². The van der Waals surface area contributed by atoms with E-state index in [1.807, 2.05) is 6.92 Å². The third-order valence-corrected chi connectivity index (χ3v) is 2.45. The van der Waals surface area contributed by atoms with Crippen LogP contribution in [0.3, 0.4) is 0 Å². The fraction of sp³-hybridized carbons (Fsp3) is 0.900. The first-order valence-corrected chi connectivity index (χ1v) is 5.02. The van der Waals surface area contributed by atoms with E-state index in [-0.39, 0.29) is 18.6 Å². The molecular weight excluding hydrogens is 166 g/mol. The predicted molar refractivity (Wildman–Crippen MR) is 53.4 cm³/mol. The van der Waals surface area contributed by atoms with Crippen LogP contribution >= 0.6 is 0 Å². The third-order valence-electron chi connectivity index (χ3n) is 2.45. The molecule has 0 fully saturated rings. The first kappa shape index (κ1) is 12.4. The molecule has 0 saturated heterocycles. The van der Waals surface area contributed by atoms with Gasteiger partial charge < -0.3 is 10.4 Å². The molecule has 0 bridgehead atoms. The molecular formula is C10H21NO2. The molecule has 0 aromatic heterocycles. The lowest BCUT2D eigenvalue weighted by molar-refractivity contribution is -0.122. The van der Waals surface area contributed by atoms with Crippen LogP contribution in [0.4, 0.5) is 0 Å². The van der Waals surface area contributed by atoms with Crippen LogP contribution in [0.2, 0.25) is 0 Å². The SMILES string of the molecule is CCC(C)C(C)NC(=O)CCCO. The van der Waals surface area contributed by atoms with Crippen molar-refractivity contribution in [1.82, 2.24) is 5.32 Å². The Balaban J connectivity index is 3.64. The van der Waals surface area contributed by atoms with E-state index < -0.39 is 0 Å². The highest BCUT2D eigenvalue weighted by Gasteiger charge is 2.12. The molecule has 78 valence electrons. The number of hydrogen-bond acceptors (Lipinski definition) is 2. The van der Waals surface area contributed by atoms with Gasteiger partial charge >= 0.3 is 0 Å². The molecule has 0 saturated carbocycles. The molecule has 2 unspecified atom stereocenters. The van der Waals surface area contributed by atoms with Crippen molar-refractivity contribution >= 4 is 5.91 Å². The first-order valence-electron chi connectivity index (χ1n) is 5.02. The number of aliphatic hydroxyl groups excluding tert-OH is 1. The Morgan fingerprint density at radius 1 is 1.46 bits per heavy atom. The largest absolute Gasteiger partial charge is 0.396 e. The number of amides is 1. The van der Waals surface area contributed by atoms with Crippen LogP contribution in [0.1, 0.15) is 40.0 Å². The van der Waals surface area contributed by atoms with Gasteiger partial charge in [-0.25, -0.2) is 0 Å². The van der Waals surface area contributed by atoms with Crippen LogP contribution < -0.4 is 5.32 Å². The van der Waals surface area contributed by atoms with Gasteiger partial charge in [0.25, 0.3) is 0 Å². The van der Waals surface area contributed by atoms with Crippen molar-refractivity contribution < 1.29 is 9.90 Å². The second kappa shape index (κ2) is 6.89. The van der Waals surface area contributed by atoms with Crippen LogP contribution in [0.25, 0.3) is 0 Å². The Labute approximate surface area is 80.5 Å². The standard InChI is InChI=1S/C10H21NO2/c1-4-8(2)9(3)11-10(13)6-5-7-12/h8-9,12H,4-7H2,1-3H3,(H,11,13). The molecule has 1 amide bonds. The highest BCUT2D eigenvalue weighted by molar-refractivity contribution is 5.76. The van der Waals surface area contributed by atoms with Crippen molar-refractivity contribution in [3.05, 3.63) is 0 Å². The van der Waals surface area contributed by atoms with Crippen LogP contribution in [0, 0.1) is 5.92 Å². The second-order valence-electron chi connectivity index (χ2n) is 3.57. The van der Waals surface area contributed by atoms with Gasteiger partial charge in [0, 0.05) is 19.1 Å². The van der Waals surface area contributed by atoms with Crippen molar-refractivity contribution in [2.75, 3.05) is 6.61 Å². The summed E-state index contributed by atoms with van der Waals surface area (Å²) in [5.41, 5.74) is 0. The van der Waals surface area contributed by atoms with Crippen LogP contribution in [0.5, 0.6) is 0 Å². The average Bonchev–Trinajstić information content (AvgIpc) is 2.13. The van der Waals surface area contributed by atoms with E-state index in [4.69, 9.17) is 5.11 Å². The molecule has 2 atom stereocenters. The number of aliphatic hydroxyl groups is 1. The molecule has 0 spiro atoms. The minimum atomic E-state index is 0.0434. The van der Waals surface area contributed by atoms with Gasteiger partial charge in [0.2, 0.25) is 5.91 Å². The average molecular weight is 187 g/mol. The lowest BCUT2D eigenvalue weighted by Crippen LogP contribution is -2.36. The summed E-state index contributed by atoms with van der Waals surface area (Å²) in [6.45, 7) is 6.34. The van der Waals surface area contributed by atoms with Crippen molar-refractivity contribution in [2.45, 2.75) is 46.1 Å². The Hall–Kier alpha value is -0.570. The first-order chi connectivity index (χ1) is 6.11. The minimum Gasteiger partial charge on any atom is -0.396 e. The highest BCUT2D eigenvalue weighted by Crippen LogP contribution is 2.06.